The van der Waals surface area contributed by atoms with E-state index in [1.807, 2.05) is 0 Å². The lowest BCUT2D eigenvalue weighted by atomic mass is 10.0. The number of nitrogens with zero attached hydrogens (tertiary/aromatic N) is 4. The highest BCUT2D eigenvalue weighted by molar-refractivity contribution is 6.58. The second kappa shape index (κ2) is 14.5. The summed E-state index contributed by atoms with van der Waals surface area (Å²) in [6, 6.07) is 0. The molecule has 1 amide bonds. The van der Waals surface area contributed by atoms with Gasteiger partial charge in [-0.3, -0.25) is 38.8 Å². The van der Waals surface area contributed by atoms with Crippen molar-refractivity contribution in [1.82, 2.24) is 24.9 Å². The summed E-state index contributed by atoms with van der Waals surface area (Å²) in [5, 5.41) is 29.9. The number of carbonyl (C=O) groups excluding carboxylic acids is 2. The molecule has 0 aromatic carbocycles. The molecule has 0 atom stereocenters. The molecule has 1 aliphatic rings. The lowest BCUT2D eigenvalue weighted by Gasteiger charge is -2.32. The Morgan fingerprint density at radius 1 is 0.594 bits per heavy atom. The first-order valence-electron chi connectivity index (χ1n) is 10.1. The van der Waals surface area contributed by atoms with E-state index in [0.717, 1.165) is 0 Å². The number of carboxylic acids is 3. The maximum atomic E-state index is 12.1. The number of carboxylic acid groups (broad SMARTS) is 3. The van der Waals surface area contributed by atoms with Crippen LogP contribution in [0.5, 0.6) is 0 Å². The van der Waals surface area contributed by atoms with Gasteiger partial charge in [-0.15, -0.1) is 0 Å². The van der Waals surface area contributed by atoms with E-state index in [4.69, 9.17) is 13.0 Å². The Labute approximate surface area is 187 Å². The number of hydrogen-bond donors (Lipinski definition) is 4. The van der Waals surface area contributed by atoms with E-state index in [1.165, 1.54) is 0 Å². The highest BCUT2D eigenvalue weighted by Gasteiger charge is 2.21. The number of nitrogens with one attached hydrogen (secondary N) is 1. The van der Waals surface area contributed by atoms with E-state index in [9.17, 15) is 34.2 Å². The quantitative estimate of drug-likeness (QED) is 0.238. The van der Waals surface area contributed by atoms with Crippen LogP contribution < -0.4 is 5.32 Å². The van der Waals surface area contributed by atoms with E-state index in [0.29, 0.717) is 52.4 Å². The van der Waals surface area contributed by atoms with Gasteiger partial charge >= 0.3 is 17.9 Å². The summed E-state index contributed by atoms with van der Waals surface area (Å²) in [6.07, 6.45) is 0. The summed E-state index contributed by atoms with van der Waals surface area (Å²) in [5.41, 5.74) is -0.682. The summed E-state index contributed by atoms with van der Waals surface area (Å²) in [5.74, 6) is -3.52. The fourth-order valence-electron chi connectivity index (χ4n) is 3.23. The van der Waals surface area contributed by atoms with Crippen LogP contribution in [0.15, 0.2) is 0 Å². The predicted molar refractivity (Wildman–Crippen MR) is 112 cm³/mol. The fraction of sp³-hybridized carbons (Fsp3) is 0.722. The van der Waals surface area contributed by atoms with E-state index < -0.39 is 29.5 Å². The van der Waals surface area contributed by atoms with Gasteiger partial charge < -0.3 is 25.4 Å². The number of rotatable bonds is 10. The largest absolute Gasteiger partial charge is 0.480 e. The zero-order chi connectivity index (χ0) is 24.1. The first-order valence-corrected chi connectivity index (χ1v) is 10.1. The van der Waals surface area contributed by atoms with Crippen molar-refractivity contribution >= 4 is 37.3 Å². The van der Waals surface area contributed by atoms with Crippen LogP contribution in [0.2, 0.25) is 0 Å². The van der Waals surface area contributed by atoms with Gasteiger partial charge in [-0.25, -0.2) is 0 Å². The molecule has 14 heteroatoms. The molecular weight excluding hydrogens is 425 g/mol. The molecule has 1 heterocycles. The van der Waals surface area contributed by atoms with Crippen molar-refractivity contribution in [1.29, 1.82) is 0 Å². The fourth-order valence-corrected chi connectivity index (χ4v) is 3.23. The Morgan fingerprint density at radius 3 is 1.12 bits per heavy atom. The van der Waals surface area contributed by atoms with Crippen LogP contribution in [-0.4, -0.2) is 157 Å². The van der Waals surface area contributed by atoms with E-state index in [2.05, 4.69) is 5.32 Å². The summed E-state index contributed by atoms with van der Waals surface area (Å²) < 4.78 is 0. The van der Waals surface area contributed by atoms with Crippen molar-refractivity contribution in [3.63, 3.8) is 0 Å². The van der Waals surface area contributed by atoms with Gasteiger partial charge in [0.15, 0.2) is 7.85 Å². The summed E-state index contributed by atoms with van der Waals surface area (Å²) in [4.78, 5) is 63.3. The van der Waals surface area contributed by atoms with Crippen LogP contribution in [0.1, 0.15) is 0 Å². The lowest BCUT2D eigenvalue weighted by Crippen LogP contribution is -2.50. The third-order valence-corrected chi connectivity index (χ3v) is 4.83. The zero-order valence-corrected chi connectivity index (χ0v) is 17.9. The van der Waals surface area contributed by atoms with Gasteiger partial charge in [0, 0.05) is 52.4 Å². The number of hydrogen-bond acceptors (Lipinski definition) is 9. The van der Waals surface area contributed by atoms with E-state index in [1.54, 1.807) is 19.6 Å². The Kier molecular flexibility index (Phi) is 12.5. The molecule has 2 radical (unpaired) electrons. The minimum Gasteiger partial charge on any atom is -0.480 e. The first kappa shape index (κ1) is 27.5. The third kappa shape index (κ3) is 13.0. The minimum atomic E-state index is -1.03. The topological polar surface area (TPSA) is 171 Å². The Balaban J connectivity index is 2.92. The minimum absolute atomic E-state index is 0.0692. The van der Waals surface area contributed by atoms with Crippen molar-refractivity contribution in [2.75, 3.05) is 85.1 Å². The van der Waals surface area contributed by atoms with Crippen LogP contribution in [-0.2, 0) is 24.0 Å². The molecule has 0 aromatic rings. The first-order chi connectivity index (χ1) is 15.0. The molecule has 1 rings (SSSR count). The van der Waals surface area contributed by atoms with Crippen molar-refractivity contribution in [3.8, 4) is 0 Å². The van der Waals surface area contributed by atoms with Crippen molar-refractivity contribution in [2.45, 2.75) is 0 Å². The highest BCUT2D eigenvalue weighted by Crippen LogP contribution is 2.01. The SMILES string of the molecule is [B]C(=O)CNC(=O)CN1CCN(CC(=O)O)CCN(CC(=O)O)CCN(CC(=O)O)CC1. The van der Waals surface area contributed by atoms with Gasteiger partial charge in [0.05, 0.1) is 38.4 Å². The number of amides is 1. The third-order valence-electron chi connectivity index (χ3n) is 4.83. The normalized spacial score (nSPS) is 18.2. The molecule has 32 heavy (non-hydrogen) atoms. The van der Waals surface area contributed by atoms with Gasteiger partial charge in [-0.1, -0.05) is 0 Å². The summed E-state index contributed by atoms with van der Waals surface area (Å²) in [6.45, 7) is 1.30. The monoisotopic (exact) mass is 455 g/mol. The highest BCUT2D eigenvalue weighted by atomic mass is 16.4. The number of aliphatic carboxylic acids is 3. The molecule has 1 aliphatic heterocycles. The Bertz CT molecular complexity index is 648. The molecule has 0 aliphatic carbocycles. The number of carbonyl (C=O) groups is 5. The van der Waals surface area contributed by atoms with Gasteiger partial charge in [-0.2, -0.15) is 0 Å². The smallest absolute Gasteiger partial charge is 0.317 e. The van der Waals surface area contributed by atoms with Crippen LogP contribution in [0.25, 0.3) is 0 Å². The standard InChI is InChI=1S/C18H30BN5O8/c19-14(25)9-20-15(26)10-21-1-3-22(11-16(27)28)5-7-24(13-18(31)32)8-6-23(4-2-21)12-17(29)30/h1-13H2,(H,20,26)(H,27,28)(H,29,30)(H,31,32). The Hall–Kier alpha value is -2.55. The van der Waals surface area contributed by atoms with Crippen molar-refractivity contribution < 1.29 is 39.3 Å². The van der Waals surface area contributed by atoms with Gasteiger partial charge in [0.25, 0.3) is 0 Å². The molecule has 178 valence electrons. The van der Waals surface area contributed by atoms with E-state index in [-0.39, 0.29) is 32.7 Å². The van der Waals surface area contributed by atoms with Crippen LogP contribution in [0, 0.1) is 0 Å². The average Bonchev–Trinajstić information content (AvgIpc) is 2.67. The van der Waals surface area contributed by atoms with Crippen molar-refractivity contribution in [2.24, 2.45) is 0 Å². The molecular formula is C18H30BN5O8. The predicted octanol–water partition coefficient (Wildman–Crippen LogP) is -3.73. The second-order valence-electron chi connectivity index (χ2n) is 7.53. The molecule has 0 aromatic heterocycles. The second-order valence-corrected chi connectivity index (χ2v) is 7.53. The molecule has 0 bridgehead atoms. The van der Waals surface area contributed by atoms with Gasteiger partial charge in [-0.05, 0) is 0 Å². The molecule has 0 unspecified atom stereocenters. The molecule has 1 saturated heterocycles. The van der Waals surface area contributed by atoms with Crippen LogP contribution in [0.3, 0.4) is 0 Å². The molecule has 0 spiro atoms. The lowest BCUT2D eigenvalue weighted by molar-refractivity contribution is -0.140. The molecule has 1 fully saturated rings. The zero-order valence-electron chi connectivity index (χ0n) is 17.9. The van der Waals surface area contributed by atoms with Crippen LogP contribution >= 0.6 is 0 Å². The maximum absolute atomic E-state index is 12.1. The van der Waals surface area contributed by atoms with Gasteiger partial charge in [0.2, 0.25) is 5.91 Å². The summed E-state index contributed by atoms with van der Waals surface area (Å²) in [7, 11) is 5.03. The van der Waals surface area contributed by atoms with E-state index >= 15 is 0 Å². The van der Waals surface area contributed by atoms with Gasteiger partial charge in [0.1, 0.15) is 0 Å². The summed E-state index contributed by atoms with van der Waals surface area (Å²) >= 11 is 0. The van der Waals surface area contributed by atoms with Crippen molar-refractivity contribution in [3.05, 3.63) is 0 Å². The maximum Gasteiger partial charge on any atom is 0.317 e. The molecule has 13 nitrogen and oxygen atoms in total. The molecule has 4 N–H and O–H groups in total. The molecule has 0 saturated carbocycles. The van der Waals surface area contributed by atoms with Crippen LogP contribution in [0.4, 0.5) is 0 Å². The Morgan fingerprint density at radius 2 is 0.875 bits per heavy atom. The average molecular weight is 455 g/mol.